The van der Waals surface area contributed by atoms with E-state index in [9.17, 15) is 4.79 Å². The number of fused-ring (bicyclic) bond motifs is 1. The van der Waals surface area contributed by atoms with Gasteiger partial charge in [0.05, 0.1) is 11.6 Å². The van der Waals surface area contributed by atoms with Gasteiger partial charge < -0.3 is 15.2 Å². The van der Waals surface area contributed by atoms with Crippen LogP contribution < -0.4 is 10.2 Å². The number of hydrogen-bond acceptors (Lipinski definition) is 6. The molecule has 1 aliphatic heterocycles. The van der Waals surface area contributed by atoms with Crippen LogP contribution in [-0.2, 0) is 6.42 Å². The molecule has 136 valence electrons. The Morgan fingerprint density at radius 3 is 3.08 bits per heavy atom. The Hall–Kier alpha value is -2.97. The fraction of sp³-hybridized carbons (Fsp3) is 0.471. The van der Waals surface area contributed by atoms with Crippen molar-refractivity contribution >= 4 is 22.8 Å². The zero-order chi connectivity index (χ0) is 18.1. The monoisotopic (exact) mass is 354 g/mol. The number of anilines is 1. The van der Waals surface area contributed by atoms with Crippen molar-refractivity contribution in [3.05, 3.63) is 30.0 Å². The van der Waals surface area contributed by atoms with Crippen molar-refractivity contribution in [1.29, 1.82) is 0 Å². The molecule has 0 radical (unpaired) electrons. The lowest BCUT2D eigenvalue weighted by Crippen LogP contribution is -2.52. The third-order valence-corrected chi connectivity index (χ3v) is 5.13. The van der Waals surface area contributed by atoms with Gasteiger partial charge in [0.25, 0.3) is 5.91 Å². The van der Waals surface area contributed by atoms with E-state index in [0.29, 0.717) is 18.2 Å². The molecule has 0 bridgehead atoms. The fourth-order valence-corrected chi connectivity index (χ4v) is 3.53. The number of amides is 1. The highest BCUT2D eigenvalue weighted by Crippen LogP contribution is 2.30. The molecule has 0 saturated carbocycles. The van der Waals surface area contributed by atoms with Crippen molar-refractivity contribution in [2.24, 2.45) is 5.92 Å². The summed E-state index contributed by atoms with van der Waals surface area (Å²) in [6, 6.07) is 0.0157. The maximum absolute atomic E-state index is 12.4. The molecule has 9 nitrogen and oxygen atoms in total. The molecule has 9 heteroatoms. The third kappa shape index (κ3) is 2.89. The average molecular weight is 354 g/mol. The van der Waals surface area contributed by atoms with E-state index in [-0.39, 0.29) is 11.9 Å². The van der Waals surface area contributed by atoms with Crippen LogP contribution in [0.15, 0.2) is 18.7 Å². The number of aromatic nitrogens is 6. The first-order chi connectivity index (χ1) is 12.7. The molecule has 4 rings (SSSR count). The highest BCUT2D eigenvalue weighted by Gasteiger charge is 2.30. The second-order valence-electron chi connectivity index (χ2n) is 6.74. The van der Waals surface area contributed by atoms with Gasteiger partial charge in [-0.3, -0.25) is 4.79 Å². The van der Waals surface area contributed by atoms with Crippen molar-refractivity contribution in [3.63, 3.8) is 0 Å². The van der Waals surface area contributed by atoms with E-state index in [1.807, 2.05) is 6.20 Å². The van der Waals surface area contributed by atoms with Gasteiger partial charge in [-0.25, -0.2) is 9.97 Å². The molecule has 0 aromatic carbocycles. The fourth-order valence-electron chi connectivity index (χ4n) is 3.53. The summed E-state index contributed by atoms with van der Waals surface area (Å²) in [6.45, 7) is 5.89. The van der Waals surface area contributed by atoms with E-state index in [1.165, 1.54) is 11.8 Å². The number of H-pyrrole nitrogens is 2. The minimum Gasteiger partial charge on any atom is -0.354 e. The Balaban J connectivity index is 1.59. The molecule has 2 atom stereocenters. The number of piperidine rings is 1. The lowest BCUT2D eigenvalue weighted by molar-refractivity contribution is 0.0914. The van der Waals surface area contributed by atoms with Crippen LogP contribution in [0.1, 0.15) is 36.3 Å². The molecule has 0 spiro atoms. The Morgan fingerprint density at radius 1 is 1.42 bits per heavy atom. The van der Waals surface area contributed by atoms with Gasteiger partial charge in [0.1, 0.15) is 17.8 Å². The summed E-state index contributed by atoms with van der Waals surface area (Å²) in [7, 11) is 0. The van der Waals surface area contributed by atoms with Crippen LogP contribution in [0.25, 0.3) is 11.0 Å². The highest BCUT2D eigenvalue weighted by atomic mass is 16.2. The van der Waals surface area contributed by atoms with Crippen LogP contribution in [0.2, 0.25) is 0 Å². The maximum atomic E-state index is 12.4. The van der Waals surface area contributed by atoms with Gasteiger partial charge in [-0.1, -0.05) is 13.8 Å². The summed E-state index contributed by atoms with van der Waals surface area (Å²) in [5.74, 6) is 1.10. The Labute approximate surface area is 150 Å². The molecular formula is C17H22N8O. The summed E-state index contributed by atoms with van der Waals surface area (Å²) < 4.78 is 0. The number of aryl methyl sites for hydroxylation is 1. The van der Waals surface area contributed by atoms with Crippen molar-refractivity contribution in [2.45, 2.75) is 32.7 Å². The van der Waals surface area contributed by atoms with E-state index in [2.05, 4.69) is 54.4 Å². The van der Waals surface area contributed by atoms with Crippen LogP contribution in [0.4, 0.5) is 5.82 Å². The standard InChI is InChI=1S/C17H22N8O/c1-3-11-6-18-15-14(11)16(20-9-19-15)25-5-4-10(2)13(8-25)22-17(26)12-7-21-24-23-12/h6-7,9-10,13H,3-5,8H2,1-2H3,(H,22,26)(H,18,19,20)(H,21,23,24). The zero-order valence-electron chi connectivity index (χ0n) is 14.9. The average Bonchev–Trinajstić information content (AvgIpc) is 3.33. The first-order valence-electron chi connectivity index (χ1n) is 8.90. The number of nitrogens with one attached hydrogen (secondary N) is 3. The summed E-state index contributed by atoms with van der Waals surface area (Å²) in [5, 5.41) is 14.2. The van der Waals surface area contributed by atoms with Gasteiger partial charge >= 0.3 is 0 Å². The summed E-state index contributed by atoms with van der Waals surface area (Å²) >= 11 is 0. The van der Waals surface area contributed by atoms with Crippen LogP contribution in [0.5, 0.6) is 0 Å². The molecule has 1 amide bonds. The van der Waals surface area contributed by atoms with Gasteiger partial charge in [0, 0.05) is 25.3 Å². The van der Waals surface area contributed by atoms with Crippen LogP contribution in [0, 0.1) is 5.92 Å². The highest BCUT2D eigenvalue weighted by molar-refractivity contribution is 5.92. The number of hydrogen-bond donors (Lipinski definition) is 3. The number of carbonyl (C=O) groups is 1. The number of rotatable bonds is 4. The van der Waals surface area contributed by atoms with Crippen molar-refractivity contribution in [3.8, 4) is 0 Å². The number of nitrogens with zero attached hydrogens (tertiary/aromatic N) is 5. The topological polar surface area (TPSA) is 115 Å². The van der Waals surface area contributed by atoms with Crippen LogP contribution in [0.3, 0.4) is 0 Å². The molecule has 1 fully saturated rings. The van der Waals surface area contributed by atoms with E-state index >= 15 is 0 Å². The van der Waals surface area contributed by atoms with E-state index < -0.39 is 0 Å². The minimum atomic E-state index is -0.207. The van der Waals surface area contributed by atoms with Gasteiger partial charge in [-0.05, 0) is 24.3 Å². The molecule has 1 aliphatic rings. The Kier molecular flexibility index (Phi) is 4.27. The van der Waals surface area contributed by atoms with Crippen LogP contribution >= 0.6 is 0 Å². The molecule has 3 aromatic rings. The van der Waals surface area contributed by atoms with Crippen molar-refractivity contribution in [2.75, 3.05) is 18.0 Å². The second-order valence-corrected chi connectivity index (χ2v) is 6.74. The SMILES string of the molecule is CCc1c[nH]c2ncnc(N3CCC(C)C(NC(=O)c4cn[nH]n4)C3)c12. The second kappa shape index (κ2) is 6.74. The van der Waals surface area contributed by atoms with E-state index in [1.54, 1.807) is 6.33 Å². The van der Waals surface area contributed by atoms with Crippen LogP contribution in [-0.4, -0.2) is 55.4 Å². The number of carbonyl (C=O) groups excluding carboxylic acids is 1. The van der Waals surface area contributed by atoms with E-state index in [4.69, 9.17) is 0 Å². The smallest absolute Gasteiger partial charge is 0.273 e. The van der Waals surface area contributed by atoms with Crippen molar-refractivity contribution < 1.29 is 4.79 Å². The molecule has 3 N–H and O–H groups in total. The molecule has 1 saturated heterocycles. The first-order valence-corrected chi connectivity index (χ1v) is 8.90. The first kappa shape index (κ1) is 16.5. The summed E-state index contributed by atoms with van der Waals surface area (Å²) in [5.41, 5.74) is 2.36. The Bertz CT molecular complexity index is 903. The predicted octanol–water partition coefficient (Wildman–Crippen LogP) is 1.28. The molecule has 4 heterocycles. The van der Waals surface area contributed by atoms with Gasteiger partial charge in [0.2, 0.25) is 0 Å². The molecule has 0 aliphatic carbocycles. The lowest BCUT2D eigenvalue weighted by Gasteiger charge is -2.38. The zero-order valence-corrected chi connectivity index (χ0v) is 14.9. The largest absolute Gasteiger partial charge is 0.354 e. The number of aromatic amines is 2. The van der Waals surface area contributed by atoms with Crippen molar-refractivity contribution in [1.82, 2.24) is 35.7 Å². The molecule has 3 aromatic heterocycles. The predicted molar refractivity (Wildman–Crippen MR) is 96.9 cm³/mol. The van der Waals surface area contributed by atoms with Gasteiger partial charge in [-0.15, -0.1) is 0 Å². The third-order valence-electron chi connectivity index (χ3n) is 5.13. The quantitative estimate of drug-likeness (QED) is 0.650. The normalized spacial score (nSPS) is 20.5. The Morgan fingerprint density at radius 2 is 2.31 bits per heavy atom. The summed E-state index contributed by atoms with van der Waals surface area (Å²) in [6.07, 6.45) is 6.91. The van der Waals surface area contributed by atoms with Gasteiger partial charge in [0.15, 0.2) is 5.69 Å². The summed E-state index contributed by atoms with van der Waals surface area (Å²) in [4.78, 5) is 26.7. The van der Waals surface area contributed by atoms with Gasteiger partial charge in [-0.2, -0.15) is 15.4 Å². The maximum Gasteiger partial charge on any atom is 0.273 e. The molecule has 26 heavy (non-hydrogen) atoms. The van der Waals surface area contributed by atoms with E-state index in [0.717, 1.165) is 36.2 Å². The molecule has 2 unspecified atom stereocenters. The lowest BCUT2D eigenvalue weighted by atomic mass is 9.93. The molecular weight excluding hydrogens is 332 g/mol. The minimum absolute atomic E-state index is 0.0157.